The Kier molecular flexibility index (Phi) is 4.79. The molecule has 4 aliphatic rings. The third-order valence-corrected chi connectivity index (χ3v) is 8.54. The van der Waals surface area contributed by atoms with E-state index in [-0.39, 0.29) is 28.1 Å². The van der Waals surface area contributed by atoms with Crippen molar-refractivity contribution < 1.29 is 0 Å². The fourth-order valence-corrected chi connectivity index (χ4v) is 7.12. The smallest absolute Gasteiger partial charge is 0.173 e. The molecule has 2 fully saturated rings. The van der Waals surface area contributed by atoms with E-state index < -0.39 is 0 Å². The van der Waals surface area contributed by atoms with E-state index in [1.165, 1.54) is 24.3 Å². The molecule has 6 rings (SSSR count). The zero-order chi connectivity index (χ0) is 24.6. The van der Waals surface area contributed by atoms with Gasteiger partial charge in [0.2, 0.25) is 0 Å². The number of benzene rings is 2. The van der Waals surface area contributed by atoms with Crippen molar-refractivity contribution in [2.75, 3.05) is 0 Å². The predicted octanol–water partition coefficient (Wildman–Crippen LogP) is 6.75. The fourth-order valence-electron chi connectivity index (χ4n) is 7.12. The molecule has 4 bridgehead atoms. The molecule has 4 atom stereocenters. The first-order chi connectivity index (χ1) is 16.6. The molecule has 0 N–H and O–H groups in total. The number of hydrogen-bond acceptors (Lipinski definition) is 4. The molecule has 2 aromatic carbocycles. The summed E-state index contributed by atoms with van der Waals surface area (Å²) in [5, 5.41) is 8.03. The van der Waals surface area contributed by atoms with Crippen molar-refractivity contribution in [2.45, 2.75) is 84.5 Å². The van der Waals surface area contributed by atoms with Crippen LogP contribution in [0, 0.1) is 16.7 Å². The lowest BCUT2D eigenvalue weighted by Crippen LogP contribution is -2.60. The molecule has 0 aromatic heterocycles. The predicted molar refractivity (Wildman–Crippen MR) is 145 cm³/mol. The second kappa shape index (κ2) is 7.38. The highest BCUT2D eigenvalue weighted by Crippen LogP contribution is 2.67. The van der Waals surface area contributed by atoms with Crippen LogP contribution in [-0.2, 0) is 0 Å². The summed E-state index contributed by atoms with van der Waals surface area (Å²) in [6.45, 7) is 13.9. The van der Waals surface area contributed by atoms with Crippen LogP contribution in [-0.4, -0.2) is 39.4 Å². The standard InChI is InChI=1S/C31H38N4/c1-28(2,3)26-23-25-27(29(4,5)6)32-30(23)19-13-14-20-31(30,33-26)35(25)34-24(21-15-9-7-10-16-21)22-17-11-8-12-18-22/h7-12,15-18,23,25H,13-14,19-20H2,1-6H3/t23-,25-,30-,31+/m1/s1. The molecule has 3 aliphatic heterocycles. The van der Waals surface area contributed by atoms with Crippen LogP contribution in [0.4, 0.5) is 0 Å². The molecule has 1 spiro atoms. The van der Waals surface area contributed by atoms with Gasteiger partial charge < -0.3 is 0 Å². The maximum Gasteiger partial charge on any atom is 0.173 e. The van der Waals surface area contributed by atoms with E-state index in [4.69, 9.17) is 15.1 Å². The molecular formula is C31H38N4. The van der Waals surface area contributed by atoms with Crippen LogP contribution in [0.15, 0.2) is 75.7 Å². The van der Waals surface area contributed by atoms with Gasteiger partial charge in [0.25, 0.3) is 0 Å². The first-order valence-corrected chi connectivity index (χ1v) is 13.3. The monoisotopic (exact) mass is 466 g/mol. The van der Waals surface area contributed by atoms with Crippen LogP contribution in [0.2, 0.25) is 0 Å². The summed E-state index contributed by atoms with van der Waals surface area (Å²) in [5.41, 5.74) is 5.46. The first kappa shape index (κ1) is 22.7. The minimum Gasteiger partial charge on any atom is -0.279 e. The van der Waals surface area contributed by atoms with E-state index in [1.54, 1.807) is 0 Å². The number of hydrazone groups is 1. The summed E-state index contributed by atoms with van der Waals surface area (Å²) in [4.78, 5) is 11.3. The number of nitrogens with zero attached hydrogens (tertiary/aromatic N) is 4. The molecule has 3 heterocycles. The van der Waals surface area contributed by atoms with Crippen LogP contribution in [0.3, 0.4) is 0 Å². The largest absolute Gasteiger partial charge is 0.279 e. The molecule has 1 saturated heterocycles. The molecule has 1 saturated carbocycles. The van der Waals surface area contributed by atoms with Gasteiger partial charge in [-0.2, -0.15) is 5.10 Å². The minimum absolute atomic E-state index is 0.0101. The van der Waals surface area contributed by atoms with Gasteiger partial charge in [0.05, 0.1) is 17.7 Å². The van der Waals surface area contributed by atoms with Gasteiger partial charge in [-0.1, -0.05) is 109 Å². The molecule has 35 heavy (non-hydrogen) atoms. The maximum absolute atomic E-state index is 5.65. The van der Waals surface area contributed by atoms with E-state index in [0.29, 0.717) is 5.92 Å². The zero-order valence-electron chi connectivity index (χ0n) is 22.0. The number of aliphatic imine (C=N–C) groups is 2. The van der Waals surface area contributed by atoms with E-state index in [1.807, 2.05) is 0 Å². The Hall–Kier alpha value is -2.75. The number of hydrogen-bond donors (Lipinski definition) is 0. The van der Waals surface area contributed by atoms with E-state index >= 15 is 0 Å². The lowest BCUT2D eigenvalue weighted by molar-refractivity contribution is 0.0413. The van der Waals surface area contributed by atoms with Gasteiger partial charge >= 0.3 is 0 Å². The second-order valence-corrected chi connectivity index (χ2v) is 12.9. The Labute approximate surface area is 210 Å². The molecule has 1 aliphatic carbocycles. The maximum atomic E-state index is 5.65. The topological polar surface area (TPSA) is 40.3 Å². The average molecular weight is 467 g/mol. The molecule has 0 unspecified atom stereocenters. The van der Waals surface area contributed by atoms with Crippen molar-refractivity contribution >= 4 is 17.1 Å². The van der Waals surface area contributed by atoms with Crippen molar-refractivity contribution in [3.63, 3.8) is 0 Å². The average Bonchev–Trinajstić information content (AvgIpc) is 3.40. The van der Waals surface area contributed by atoms with Crippen LogP contribution in [0.1, 0.15) is 78.4 Å². The Morgan fingerprint density at radius 3 is 1.86 bits per heavy atom. The Morgan fingerprint density at radius 2 is 1.31 bits per heavy atom. The third kappa shape index (κ3) is 3.07. The minimum atomic E-state index is -0.368. The second-order valence-electron chi connectivity index (χ2n) is 12.9. The van der Waals surface area contributed by atoms with Crippen LogP contribution in [0.5, 0.6) is 0 Å². The van der Waals surface area contributed by atoms with Crippen molar-refractivity contribution in [3.05, 3.63) is 71.8 Å². The highest BCUT2D eigenvalue weighted by Gasteiger charge is 2.79. The van der Waals surface area contributed by atoms with Crippen LogP contribution < -0.4 is 0 Å². The van der Waals surface area contributed by atoms with Gasteiger partial charge in [0, 0.05) is 33.4 Å². The van der Waals surface area contributed by atoms with Gasteiger partial charge in [0.15, 0.2) is 5.66 Å². The normalized spacial score (nSPS) is 31.2. The molecule has 182 valence electrons. The summed E-state index contributed by atoms with van der Waals surface area (Å²) < 4.78 is 0. The summed E-state index contributed by atoms with van der Waals surface area (Å²) in [7, 11) is 0. The van der Waals surface area contributed by atoms with E-state index in [9.17, 15) is 0 Å². The molecule has 0 amide bonds. The van der Waals surface area contributed by atoms with Gasteiger partial charge in [-0.25, -0.2) is 0 Å². The van der Waals surface area contributed by atoms with Crippen molar-refractivity contribution in [2.24, 2.45) is 31.8 Å². The van der Waals surface area contributed by atoms with Crippen LogP contribution >= 0.6 is 0 Å². The molecule has 4 heteroatoms. The van der Waals surface area contributed by atoms with Gasteiger partial charge in [-0.05, 0) is 19.3 Å². The SMILES string of the molecule is CC(C)(C)C1=N[C@@]23CCCC[C@@]24N=C(C(C)(C)C)[C@H]3[C@H]1N4N=C(c1ccccc1)c1ccccc1. The van der Waals surface area contributed by atoms with Gasteiger partial charge in [-0.3, -0.25) is 15.0 Å². The lowest BCUT2D eigenvalue weighted by Gasteiger charge is -2.50. The summed E-state index contributed by atoms with van der Waals surface area (Å²) in [6.07, 6.45) is 4.54. The highest BCUT2D eigenvalue weighted by atomic mass is 15.6. The van der Waals surface area contributed by atoms with Gasteiger partial charge in [-0.15, -0.1) is 0 Å². The zero-order valence-corrected chi connectivity index (χ0v) is 22.0. The van der Waals surface area contributed by atoms with Crippen molar-refractivity contribution in [1.29, 1.82) is 0 Å². The first-order valence-electron chi connectivity index (χ1n) is 13.3. The molecule has 0 radical (unpaired) electrons. The fraction of sp³-hybridized carbons (Fsp3) is 0.516. The summed E-state index contributed by atoms with van der Waals surface area (Å²) in [5.74, 6) is 0.313. The highest BCUT2D eigenvalue weighted by molar-refractivity contribution is 6.13. The van der Waals surface area contributed by atoms with Crippen molar-refractivity contribution in [3.8, 4) is 0 Å². The summed E-state index contributed by atoms with van der Waals surface area (Å²) in [6, 6.07) is 21.4. The van der Waals surface area contributed by atoms with E-state index in [0.717, 1.165) is 29.7 Å². The third-order valence-electron chi connectivity index (χ3n) is 8.54. The Morgan fingerprint density at radius 1 is 0.771 bits per heavy atom. The molecule has 2 aromatic rings. The Balaban J connectivity index is 1.60. The quantitative estimate of drug-likeness (QED) is 0.461. The lowest BCUT2D eigenvalue weighted by atomic mass is 9.67. The van der Waals surface area contributed by atoms with Crippen LogP contribution in [0.25, 0.3) is 0 Å². The molecule has 4 nitrogen and oxygen atoms in total. The van der Waals surface area contributed by atoms with E-state index in [2.05, 4.69) is 107 Å². The Bertz CT molecular complexity index is 1190. The van der Waals surface area contributed by atoms with Crippen molar-refractivity contribution in [1.82, 2.24) is 5.01 Å². The van der Waals surface area contributed by atoms with Gasteiger partial charge in [0.1, 0.15) is 5.54 Å². The number of rotatable bonds is 3. The summed E-state index contributed by atoms with van der Waals surface area (Å²) >= 11 is 0. The molecular weight excluding hydrogens is 428 g/mol.